The van der Waals surface area contributed by atoms with Gasteiger partial charge in [0.05, 0.1) is 21.4 Å². The monoisotopic (exact) mass is 826 g/mol. The summed E-state index contributed by atoms with van der Waals surface area (Å²) in [6.07, 6.45) is 0. The van der Waals surface area contributed by atoms with Crippen LogP contribution in [0.5, 0.6) is 0 Å². The van der Waals surface area contributed by atoms with Crippen molar-refractivity contribution in [2.75, 3.05) is 0 Å². The zero-order valence-corrected chi connectivity index (χ0v) is 38.2. The Bertz CT molecular complexity index is 3930. The van der Waals surface area contributed by atoms with Crippen LogP contribution in [-0.2, 0) is 0 Å². The number of hydrogen-bond donors (Lipinski definition) is 0. The number of nitrogens with zero attached hydrogens (tertiary/aromatic N) is 2. The standard InChI is InChI=1S/C54H41B7N2S/c55-45-41(46(56)50(60)52-43(45)44-47(57)48(58)49(59)51(61)53(44)62(52)32-17-9-16-30(26-32)28-12-3-1-4-13-28)31-24-25-37-36(27-31)42-33(29-14-5-2-6-15-29)19-10-21-38(42)63(37)39-22-11-20-35-34-18-7-8-23-40(34)64-54(35)39/h1-27H,55-61H2. The van der Waals surface area contributed by atoms with E-state index >= 15 is 0 Å². The molecule has 3 aromatic heterocycles. The van der Waals surface area contributed by atoms with Gasteiger partial charge in [0.15, 0.2) is 0 Å². The van der Waals surface area contributed by atoms with Gasteiger partial charge in [0.25, 0.3) is 0 Å². The lowest BCUT2D eigenvalue weighted by molar-refractivity contribution is 1.19. The lowest BCUT2D eigenvalue weighted by atomic mass is 9.64. The van der Waals surface area contributed by atoms with E-state index in [1.807, 2.05) is 11.3 Å². The van der Waals surface area contributed by atoms with Gasteiger partial charge >= 0.3 is 0 Å². The van der Waals surface area contributed by atoms with Gasteiger partial charge < -0.3 is 9.13 Å². The van der Waals surface area contributed by atoms with Crippen LogP contribution in [0.25, 0.3) is 109 Å². The van der Waals surface area contributed by atoms with Crippen LogP contribution in [0.4, 0.5) is 0 Å². The van der Waals surface area contributed by atoms with Crippen molar-refractivity contribution in [3.8, 4) is 44.8 Å². The number of thiophene rings is 1. The van der Waals surface area contributed by atoms with E-state index in [0.29, 0.717) is 0 Å². The van der Waals surface area contributed by atoms with E-state index in [-0.39, 0.29) is 0 Å². The molecule has 0 saturated heterocycles. The van der Waals surface area contributed by atoms with E-state index in [1.54, 1.807) is 0 Å². The van der Waals surface area contributed by atoms with E-state index in [9.17, 15) is 0 Å². The van der Waals surface area contributed by atoms with Crippen molar-refractivity contribution < 1.29 is 0 Å². The molecule has 12 aromatic rings. The first kappa shape index (κ1) is 38.9. The third-order valence-electron chi connectivity index (χ3n) is 14.6. The molecule has 0 bridgehead atoms. The fourth-order valence-corrected chi connectivity index (χ4v) is 12.3. The third kappa shape index (κ3) is 5.55. The summed E-state index contributed by atoms with van der Waals surface area (Å²) in [7, 11) is 16.3. The number of rotatable bonds is 5. The Kier molecular flexibility index (Phi) is 8.91. The molecule has 0 fully saturated rings. The van der Waals surface area contributed by atoms with Crippen molar-refractivity contribution in [2.45, 2.75) is 0 Å². The molecule has 0 unspecified atom stereocenters. The summed E-state index contributed by atoms with van der Waals surface area (Å²) in [5.74, 6) is 0. The van der Waals surface area contributed by atoms with Gasteiger partial charge in [-0.1, -0.05) is 154 Å². The quantitative estimate of drug-likeness (QED) is 0.237. The number of benzene rings is 9. The maximum absolute atomic E-state index is 2.59. The second-order valence-corrected chi connectivity index (χ2v) is 18.9. The Balaban J connectivity index is 1.17. The van der Waals surface area contributed by atoms with Crippen molar-refractivity contribution in [3.63, 3.8) is 0 Å². The lowest BCUT2D eigenvalue weighted by Gasteiger charge is -2.19. The minimum Gasteiger partial charge on any atom is -0.310 e. The summed E-state index contributed by atoms with van der Waals surface area (Å²) >= 11 is 1.89. The van der Waals surface area contributed by atoms with E-state index in [0.717, 1.165) is 0 Å². The van der Waals surface area contributed by atoms with Crippen molar-refractivity contribution in [1.29, 1.82) is 0 Å². The average Bonchev–Trinajstić information content (AvgIpc) is 4.01. The second kappa shape index (κ2) is 14.7. The van der Waals surface area contributed by atoms with Crippen molar-refractivity contribution in [2.24, 2.45) is 0 Å². The Labute approximate surface area is 383 Å². The maximum Gasteiger partial charge on any atom is 0.141 e. The Morgan fingerprint density at radius 3 is 1.77 bits per heavy atom. The van der Waals surface area contributed by atoms with E-state index < -0.39 is 0 Å². The zero-order chi connectivity index (χ0) is 43.5. The minimum absolute atomic E-state index is 1.19. The van der Waals surface area contributed by atoms with Gasteiger partial charge in [-0.05, 0) is 81.2 Å². The summed E-state index contributed by atoms with van der Waals surface area (Å²) in [5.41, 5.74) is 24.4. The molecule has 0 atom stereocenters. The Morgan fingerprint density at radius 1 is 0.359 bits per heavy atom. The first-order chi connectivity index (χ1) is 31.2. The summed E-state index contributed by atoms with van der Waals surface area (Å²) in [5, 5.41) is 7.88. The van der Waals surface area contributed by atoms with Crippen LogP contribution in [0.3, 0.4) is 0 Å². The zero-order valence-electron chi connectivity index (χ0n) is 37.4. The highest BCUT2D eigenvalue weighted by Crippen LogP contribution is 2.44. The smallest absolute Gasteiger partial charge is 0.141 e. The second-order valence-electron chi connectivity index (χ2n) is 17.8. The highest BCUT2D eigenvalue weighted by atomic mass is 32.1. The summed E-state index contributed by atoms with van der Waals surface area (Å²) in [6.45, 7) is 0. The molecule has 0 aliphatic heterocycles. The predicted octanol–water partition coefficient (Wildman–Crippen LogP) is 3.06. The molecular formula is C54H41B7N2S. The Hall–Kier alpha value is -6.75. The summed E-state index contributed by atoms with van der Waals surface area (Å²) < 4.78 is 7.74. The fourth-order valence-electron chi connectivity index (χ4n) is 11.1. The van der Waals surface area contributed by atoms with Crippen LogP contribution in [0, 0.1) is 0 Å². The topological polar surface area (TPSA) is 9.86 Å². The molecule has 0 N–H and O–H groups in total. The molecule has 9 aromatic carbocycles. The minimum atomic E-state index is 1.19. The van der Waals surface area contributed by atoms with Crippen LogP contribution < -0.4 is 38.2 Å². The van der Waals surface area contributed by atoms with Gasteiger partial charge in [-0.15, -0.1) is 16.8 Å². The lowest BCUT2D eigenvalue weighted by Crippen LogP contribution is -2.48. The van der Waals surface area contributed by atoms with Crippen LogP contribution in [-0.4, -0.2) is 64.1 Å². The van der Waals surface area contributed by atoms with Crippen LogP contribution in [0.15, 0.2) is 164 Å². The molecule has 10 heteroatoms. The fraction of sp³-hybridized carbons (Fsp3) is 0. The molecule has 0 aliphatic rings. The molecule has 0 radical (unpaired) electrons. The largest absolute Gasteiger partial charge is 0.310 e. The summed E-state index contributed by atoms with van der Waals surface area (Å²) in [4.78, 5) is 0. The molecule has 0 spiro atoms. The van der Waals surface area contributed by atoms with Crippen LogP contribution in [0.1, 0.15) is 0 Å². The number of hydrogen-bond acceptors (Lipinski definition) is 1. The van der Waals surface area contributed by atoms with Gasteiger partial charge in [-0.25, -0.2) is 0 Å². The summed E-state index contributed by atoms with van der Waals surface area (Å²) in [6, 6.07) is 60.6. The predicted molar refractivity (Wildman–Crippen MR) is 302 cm³/mol. The number of aromatic nitrogens is 2. The molecule has 0 amide bonds. The first-order valence-corrected chi connectivity index (χ1v) is 23.3. The van der Waals surface area contributed by atoms with Crippen molar-refractivity contribution in [1.82, 2.24) is 9.13 Å². The van der Waals surface area contributed by atoms with E-state index in [4.69, 9.17) is 0 Å². The Morgan fingerprint density at radius 2 is 0.984 bits per heavy atom. The van der Waals surface area contributed by atoms with Crippen LogP contribution >= 0.6 is 11.3 Å². The number of fused-ring (bicyclic) bond motifs is 9. The molecule has 64 heavy (non-hydrogen) atoms. The molecule has 294 valence electrons. The average molecular weight is 826 g/mol. The normalized spacial score (nSPS) is 11.9. The van der Waals surface area contributed by atoms with Gasteiger partial charge in [-0.2, -0.15) is 0 Å². The van der Waals surface area contributed by atoms with Crippen molar-refractivity contribution >= 4 is 168 Å². The van der Waals surface area contributed by atoms with Gasteiger partial charge in [-0.3, -0.25) is 0 Å². The van der Waals surface area contributed by atoms with Crippen molar-refractivity contribution in [3.05, 3.63) is 164 Å². The van der Waals surface area contributed by atoms with Gasteiger partial charge in [0, 0.05) is 48.4 Å². The maximum atomic E-state index is 2.59. The molecule has 3 heterocycles. The SMILES string of the molecule is Bc1c(B)c(B)c2c(c1B)c1c(B)c(-c3ccc4c(c3)c3c(-c5ccccc5)cccc3n4-c3cccc4c3sc3ccccc34)c(B)c(B)c1n2-c1cccc(-c2ccccc2)c1. The molecule has 0 saturated carbocycles. The van der Waals surface area contributed by atoms with E-state index in [1.165, 1.54) is 147 Å². The molecular weight excluding hydrogens is 784 g/mol. The molecule has 2 nitrogen and oxygen atoms in total. The highest BCUT2D eigenvalue weighted by Gasteiger charge is 2.26. The van der Waals surface area contributed by atoms with E-state index in [2.05, 4.69) is 228 Å². The third-order valence-corrected chi connectivity index (χ3v) is 15.8. The highest BCUT2D eigenvalue weighted by molar-refractivity contribution is 7.26. The van der Waals surface area contributed by atoms with Gasteiger partial charge in [0.2, 0.25) is 0 Å². The van der Waals surface area contributed by atoms with Crippen LogP contribution in [0.2, 0.25) is 0 Å². The van der Waals surface area contributed by atoms with Gasteiger partial charge in [0.1, 0.15) is 54.9 Å². The first-order valence-electron chi connectivity index (χ1n) is 22.4. The molecule has 0 aliphatic carbocycles. The molecule has 12 rings (SSSR count).